The van der Waals surface area contributed by atoms with Crippen molar-refractivity contribution in [3.05, 3.63) is 28.7 Å². The van der Waals surface area contributed by atoms with Gasteiger partial charge in [-0.15, -0.1) is 22.7 Å². The number of hydrogen-bond acceptors (Lipinski definition) is 8. The summed E-state index contributed by atoms with van der Waals surface area (Å²) in [6.45, 7) is 8.15. The van der Waals surface area contributed by atoms with E-state index in [4.69, 9.17) is 14.5 Å². The first kappa shape index (κ1) is 19.4. The number of thiophene rings is 2. The smallest absolute Gasteiger partial charge is 0.139 e. The van der Waals surface area contributed by atoms with Crippen molar-refractivity contribution >= 4 is 38.7 Å². The van der Waals surface area contributed by atoms with Crippen molar-refractivity contribution in [2.24, 2.45) is 5.92 Å². The molecule has 29 heavy (non-hydrogen) atoms. The summed E-state index contributed by atoms with van der Waals surface area (Å²) in [5.74, 6) is 2.32. The fraction of sp³-hybridized carbons (Fsp3) is 0.524. The summed E-state index contributed by atoms with van der Waals surface area (Å²) in [5, 5.41) is 9.19. The lowest BCUT2D eigenvalue weighted by atomic mass is 9.97. The minimum atomic E-state index is 0.426. The molecule has 2 aliphatic heterocycles. The number of anilines is 1. The Morgan fingerprint density at radius 1 is 1.21 bits per heavy atom. The molecule has 8 heteroatoms. The average molecular weight is 431 g/mol. The highest BCUT2D eigenvalue weighted by atomic mass is 32.1. The predicted octanol–water partition coefficient (Wildman–Crippen LogP) is 3.88. The van der Waals surface area contributed by atoms with Gasteiger partial charge in [0, 0.05) is 54.0 Å². The van der Waals surface area contributed by atoms with Crippen LogP contribution in [-0.4, -0.2) is 67.0 Å². The topological polar surface area (TPSA) is 59.5 Å². The fourth-order valence-electron chi connectivity index (χ4n) is 4.35. The molecule has 2 fully saturated rings. The van der Waals surface area contributed by atoms with Gasteiger partial charge in [0.15, 0.2) is 0 Å². The van der Waals surface area contributed by atoms with Crippen molar-refractivity contribution in [3.8, 4) is 10.4 Å². The van der Waals surface area contributed by atoms with Crippen LogP contribution in [0, 0.1) is 12.8 Å². The third-order valence-corrected chi connectivity index (χ3v) is 7.61. The van der Waals surface area contributed by atoms with Gasteiger partial charge in [-0.3, -0.25) is 4.90 Å². The van der Waals surface area contributed by atoms with Gasteiger partial charge in [-0.2, -0.15) is 0 Å². The van der Waals surface area contributed by atoms with E-state index < -0.39 is 0 Å². The molecule has 0 radical (unpaired) electrons. The normalized spacial score (nSPS) is 21.6. The first-order valence-corrected chi connectivity index (χ1v) is 12.0. The maximum absolute atomic E-state index is 5.72. The summed E-state index contributed by atoms with van der Waals surface area (Å²) in [4.78, 5) is 14.4. The summed E-state index contributed by atoms with van der Waals surface area (Å²) in [6.07, 6.45) is 1.13. The molecule has 6 nitrogen and oxygen atoms in total. The number of nitrogens with zero attached hydrogens (tertiary/aromatic N) is 3. The molecule has 2 saturated heterocycles. The van der Waals surface area contributed by atoms with Crippen LogP contribution in [-0.2, 0) is 9.47 Å². The highest BCUT2D eigenvalue weighted by Crippen LogP contribution is 2.39. The van der Waals surface area contributed by atoms with E-state index in [9.17, 15) is 0 Å². The molecule has 0 saturated carbocycles. The van der Waals surface area contributed by atoms with Gasteiger partial charge < -0.3 is 14.8 Å². The number of morpholine rings is 1. The second-order valence-corrected chi connectivity index (χ2v) is 9.45. The number of rotatable bonds is 6. The molecule has 3 aromatic rings. The van der Waals surface area contributed by atoms with Crippen LogP contribution in [0.4, 0.5) is 5.82 Å². The Labute approximate surface area is 178 Å². The van der Waals surface area contributed by atoms with E-state index in [1.165, 1.54) is 10.4 Å². The summed E-state index contributed by atoms with van der Waals surface area (Å²) in [5.41, 5.74) is 1.23. The number of fused-ring (bicyclic) bond motifs is 1. The van der Waals surface area contributed by atoms with Crippen LogP contribution in [0.15, 0.2) is 22.9 Å². The third-order valence-electron chi connectivity index (χ3n) is 5.83. The van der Waals surface area contributed by atoms with Gasteiger partial charge in [-0.25, -0.2) is 9.97 Å². The van der Waals surface area contributed by atoms with E-state index in [1.54, 1.807) is 22.7 Å². The van der Waals surface area contributed by atoms with Crippen LogP contribution in [0.2, 0.25) is 0 Å². The molecule has 2 atom stereocenters. The van der Waals surface area contributed by atoms with Crippen LogP contribution < -0.4 is 5.32 Å². The molecule has 0 bridgehead atoms. The molecule has 3 aromatic heterocycles. The molecule has 0 unspecified atom stereocenters. The number of nitrogens with one attached hydrogen (secondary N) is 1. The first-order chi connectivity index (χ1) is 14.3. The van der Waals surface area contributed by atoms with Gasteiger partial charge >= 0.3 is 0 Å². The van der Waals surface area contributed by atoms with Crippen molar-refractivity contribution < 1.29 is 9.47 Å². The molecule has 154 valence electrons. The molecule has 0 aliphatic carbocycles. The van der Waals surface area contributed by atoms with E-state index in [-0.39, 0.29) is 0 Å². The second-order valence-electron chi connectivity index (χ2n) is 7.65. The molecule has 5 rings (SSSR count). The Kier molecular flexibility index (Phi) is 5.78. The van der Waals surface area contributed by atoms with Crippen molar-refractivity contribution in [1.82, 2.24) is 14.9 Å². The van der Waals surface area contributed by atoms with E-state index >= 15 is 0 Å². The van der Waals surface area contributed by atoms with Gasteiger partial charge in [0.05, 0.1) is 25.2 Å². The highest BCUT2D eigenvalue weighted by Gasteiger charge is 2.31. The Bertz CT molecular complexity index is 947. The second kappa shape index (κ2) is 8.65. The van der Waals surface area contributed by atoms with Gasteiger partial charge in [0.1, 0.15) is 16.5 Å². The van der Waals surface area contributed by atoms with Crippen LogP contribution in [0.25, 0.3) is 20.7 Å². The fourth-order valence-corrected chi connectivity index (χ4v) is 6.16. The van der Waals surface area contributed by atoms with Crippen molar-refractivity contribution in [1.29, 1.82) is 0 Å². The zero-order valence-corrected chi connectivity index (χ0v) is 18.2. The molecular formula is C21H26N4O2S2. The molecule has 2 aliphatic rings. The molecule has 5 heterocycles. The zero-order chi connectivity index (χ0) is 19.6. The quantitative estimate of drug-likeness (QED) is 0.641. The Hall–Kier alpha value is -1.58. The number of ether oxygens (including phenoxy) is 2. The average Bonchev–Trinajstić information content (AvgIpc) is 3.50. The van der Waals surface area contributed by atoms with Crippen molar-refractivity contribution in [3.63, 3.8) is 0 Å². The Balaban J connectivity index is 1.44. The van der Waals surface area contributed by atoms with Crippen LogP contribution in [0.3, 0.4) is 0 Å². The van der Waals surface area contributed by atoms with Gasteiger partial charge in [-0.1, -0.05) is 6.07 Å². The van der Waals surface area contributed by atoms with Crippen LogP contribution in [0.5, 0.6) is 0 Å². The van der Waals surface area contributed by atoms with E-state index in [0.717, 1.165) is 74.3 Å². The minimum absolute atomic E-state index is 0.426. The van der Waals surface area contributed by atoms with Crippen molar-refractivity contribution in [2.45, 2.75) is 19.4 Å². The van der Waals surface area contributed by atoms with Gasteiger partial charge in [-0.05, 0) is 24.8 Å². The number of aromatic nitrogens is 2. The van der Waals surface area contributed by atoms with E-state index in [1.807, 2.05) is 6.92 Å². The highest BCUT2D eigenvalue weighted by molar-refractivity contribution is 7.18. The zero-order valence-electron chi connectivity index (χ0n) is 16.6. The van der Waals surface area contributed by atoms with Crippen LogP contribution >= 0.6 is 22.7 Å². The minimum Gasteiger partial charge on any atom is -0.381 e. The lowest BCUT2D eigenvalue weighted by Gasteiger charge is -2.37. The SMILES string of the molecule is Cc1nc(NC[C@H]([C@H]2CCOC2)N2CCOCC2)c2c(-c3cccs3)csc2n1. The third kappa shape index (κ3) is 4.04. The molecule has 0 spiro atoms. The standard InChI is InChI=1S/C21H26N4O2S2/c1-14-23-20(19-16(13-29-21(19)24-14)18-3-2-10-28-18)22-11-17(15-4-7-27-12-15)25-5-8-26-9-6-25/h2-3,10,13,15,17H,4-9,11-12H2,1H3,(H,22,23,24)/t15-,17+/m0/s1. The summed E-state index contributed by atoms with van der Waals surface area (Å²) >= 11 is 3.46. The summed E-state index contributed by atoms with van der Waals surface area (Å²) in [7, 11) is 0. The Morgan fingerprint density at radius 3 is 2.86 bits per heavy atom. The maximum Gasteiger partial charge on any atom is 0.139 e. The molecular weight excluding hydrogens is 404 g/mol. The maximum atomic E-state index is 5.72. The lowest BCUT2D eigenvalue weighted by molar-refractivity contribution is 0.00460. The largest absolute Gasteiger partial charge is 0.381 e. The van der Waals surface area contributed by atoms with E-state index in [2.05, 4.69) is 38.1 Å². The van der Waals surface area contributed by atoms with Crippen LogP contribution in [0.1, 0.15) is 12.2 Å². The summed E-state index contributed by atoms with van der Waals surface area (Å²) in [6, 6.07) is 4.69. The Morgan fingerprint density at radius 2 is 2.10 bits per heavy atom. The first-order valence-electron chi connectivity index (χ1n) is 10.2. The monoisotopic (exact) mass is 430 g/mol. The molecule has 0 aromatic carbocycles. The van der Waals surface area contributed by atoms with Crippen molar-refractivity contribution in [2.75, 3.05) is 51.4 Å². The summed E-state index contributed by atoms with van der Waals surface area (Å²) < 4.78 is 11.3. The van der Waals surface area contributed by atoms with Gasteiger partial charge in [0.2, 0.25) is 0 Å². The molecule has 0 amide bonds. The van der Waals surface area contributed by atoms with Gasteiger partial charge in [0.25, 0.3) is 0 Å². The van der Waals surface area contributed by atoms with E-state index in [0.29, 0.717) is 12.0 Å². The number of aryl methyl sites for hydroxylation is 1. The number of hydrogen-bond donors (Lipinski definition) is 1. The molecule has 1 N–H and O–H groups in total. The lowest BCUT2D eigenvalue weighted by Crippen LogP contribution is -2.50. The predicted molar refractivity (Wildman–Crippen MR) is 119 cm³/mol.